The van der Waals surface area contributed by atoms with E-state index in [-0.39, 0.29) is 41.9 Å². The summed E-state index contributed by atoms with van der Waals surface area (Å²) < 4.78 is 0. The average molecular weight is 217 g/mol. The molecule has 14 heteroatoms. The van der Waals surface area contributed by atoms with Crippen LogP contribution in [-0.2, 0) is 0 Å². The second-order valence-corrected chi connectivity index (χ2v) is 0.671. The molecule has 0 aromatic rings. The topological polar surface area (TPSA) is 199 Å². The van der Waals surface area contributed by atoms with E-state index < -0.39 is 15.3 Å². The summed E-state index contributed by atoms with van der Waals surface area (Å²) in [5, 5.41) is 44.2. The maximum Gasteiger partial charge on any atom is 2.00 e. The van der Waals surface area contributed by atoms with Crippen LogP contribution in [0.4, 0.5) is 0 Å². The number of nitrogens with zero attached hydrogens (tertiary/aromatic N) is 3. The van der Waals surface area contributed by atoms with Gasteiger partial charge >= 0.3 is 41.9 Å². The molecule has 72 valence electrons. The van der Waals surface area contributed by atoms with Gasteiger partial charge in [0.1, 0.15) is 0 Å². The molecule has 0 amide bonds. The van der Waals surface area contributed by atoms with Gasteiger partial charge in [0.15, 0.2) is 0 Å². The zero-order valence-electron chi connectivity index (χ0n) is 6.72. The second kappa shape index (κ2) is 22.7. The number of hydrogen-bond acceptors (Lipinski definition) is 9. The van der Waals surface area contributed by atoms with E-state index in [4.69, 9.17) is 46.0 Å². The summed E-state index contributed by atoms with van der Waals surface area (Å²) in [7, 11) is 0. The third-order valence-corrected chi connectivity index (χ3v) is 0. The van der Waals surface area contributed by atoms with Crippen molar-refractivity contribution in [2.45, 2.75) is 0 Å². The molecule has 12 nitrogen and oxygen atoms in total. The predicted molar refractivity (Wildman–Crippen MR) is 36.8 cm³/mol. The fourth-order valence-electron chi connectivity index (χ4n) is 0. The minimum atomic E-state index is -1.75. The molecule has 0 spiro atoms. The summed E-state index contributed by atoms with van der Waals surface area (Å²) in [5.41, 5.74) is 0. The predicted octanol–water partition coefficient (Wildman–Crippen LogP) is -4.09. The van der Waals surface area contributed by atoms with Gasteiger partial charge in [0, 0.05) is 0 Å². The van der Waals surface area contributed by atoms with E-state index in [0.717, 1.165) is 0 Å². The van der Waals surface area contributed by atoms with E-state index in [9.17, 15) is 0 Å². The van der Waals surface area contributed by atoms with Gasteiger partial charge < -0.3 is 46.0 Å². The Labute approximate surface area is 103 Å². The van der Waals surface area contributed by atoms with Crippen molar-refractivity contribution in [1.29, 1.82) is 0 Å². The maximum absolute atomic E-state index is 8.25. The molecule has 0 saturated heterocycles. The summed E-state index contributed by atoms with van der Waals surface area (Å²) in [4.78, 5) is 24.8. The van der Waals surface area contributed by atoms with Crippen molar-refractivity contribution in [3.8, 4) is 0 Å². The van der Waals surface area contributed by atoms with E-state index in [0.29, 0.717) is 0 Å². The molecule has 0 N–H and O–H groups in total. The van der Waals surface area contributed by atoms with E-state index in [2.05, 4.69) is 0 Å². The van der Waals surface area contributed by atoms with Crippen molar-refractivity contribution >= 4 is 23.1 Å². The van der Waals surface area contributed by atoms with Crippen molar-refractivity contribution in [2.24, 2.45) is 0 Å². The molecule has 0 atom stereocenters. The van der Waals surface area contributed by atoms with Crippen LogP contribution in [0, 0.1) is 46.0 Å². The van der Waals surface area contributed by atoms with Gasteiger partial charge in [0.2, 0.25) is 0 Å². The van der Waals surface area contributed by atoms with Gasteiger partial charge in [0.05, 0.1) is 15.3 Å². The van der Waals surface area contributed by atoms with Crippen molar-refractivity contribution in [1.82, 2.24) is 0 Å². The Morgan fingerprint density at radius 1 is 0.571 bits per heavy atom. The molecule has 0 radical (unpaired) electrons. The van der Waals surface area contributed by atoms with Gasteiger partial charge in [-0.2, -0.15) is 0 Å². The van der Waals surface area contributed by atoms with Crippen LogP contribution >= 0.6 is 0 Å². The Morgan fingerprint density at radius 2 is 0.571 bits per heavy atom. The molecule has 0 bridgehead atoms. The fraction of sp³-hybridized carbons (Fsp3) is 0. The van der Waals surface area contributed by atoms with Crippen LogP contribution < -0.4 is 18.9 Å². The SMILES string of the molecule is O=[N+]([O-])[O-].O=[N+]([O-])[O-].O=[N+]([O-])[O-].[Li+].[Mg+2]. The molecule has 0 aliphatic rings. The molecule has 0 aromatic carbocycles. The first-order chi connectivity index (χ1) is 5.20. The van der Waals surface area contributed by atoms with Crippen LogP contribution in [0.15, 0.2) is 0 Å². The molecule has 0 heterocycles. The van der Waals surface area contributed by atoms with Gasteiger partial charge in [-0.05, 0) is 0 Å². The Morgan fingerprint density at radius 3 is 0.571 bits per heavy atom. The molecular weight excluding hydrogens is 217 g/mol. The molecule has 0 unspecified atom stereocenters. The summed E-state index contributed by atoms with van der Waals surface area (Å²) in [6, 6.07) is 0. The number of hydrogen-bond donors (Lipinski definition) is 0. The van der Waals surface area contributed by atoms with Gasteiger partial charge in [-0.1, -0.05) is 0 Å². The van der Waals surface area contributed by atoms with E-state index in [1.165, 1.54) is 0 Å². The third-order valence-electron chi connectivity index (χ3n) is 0. The first-order valence-corrected chi connectivity index (χ1v) is 1.64. The molecule has 0 fully saturated rings. The monoisotopic (exact) mass is 217 g/mol. The van der Waals surface area contributed by atoms with Gasteiger partial charge in [0.25, 0.3) is 0 Å². The molecule has 0 aliphatic heterocycles. The molecule has 0 aliphatic carbocycles. The van der Waals surface area contributed by atoms with Crippen molar-refractivity contribution in [3.05, 3.63) is 46.0 Å². The zero-order chi connectivity index (χ0) is 10.7. The van der Waals surface area contributed by atoms with Crippen LogP contribution in [0.3, 0.4) is 0 Å². The third kappa shape index (κ3) is 1010. The maximum atomic E-state index is 8.25. The number of rotatable bonds is 0. The van der Waals surface area contributed by atoms with Gasteiger partial charge in [-0.25, -0.2) is 0 Å². The minimum Gasteiger partial charge on any atom is -0.356 e. The summed E-state index contributed by atoms with van der Waals surface area (Å²) >= 11 is 0. The van der Waals surface area contributed by atoms with Crippen molar-refractivity contribution in [2.75, 3.05) is 0 Å². The van der Waals surface area contributed by atoms with Crippen LogP contribution in [-0.4, -0.2) is 38.3 Å². The summed E-state index contributed by atoms with van der Waals surface area (Å²) in [6.07, 6.45) is 0. The van der Waals surface area contributed by atoms with E-state index in [1.54, 1.807) is 0 Å². The van der Waals surface area contributed by atoms with Crippen molar-refractivity contribution < 1.29 is 34.1 Å². The van der Waals surface area contributed by atoms with Gasteiger partial charge in [-0.15, -0.1) is 0 Å². The molecular formula is LiMgN3O9. The Hall–Kier alpha value is -1.04. The largest absolute Gasteiger partial charge is 2.00 e. The van der Waals surface area contributed by atoms with Crippen LogP contribution in [0.5, 0.6) is 0 Å². The van der Waals surface area contributed by atoms with Crippen LogP contribution in [0.1, 0.15) is 0 Å². The van der Waals surface area contributed by atoms with Gasteiger partial charge in [-0.3, -0.25) is 0 Å². The molecule has 0 saturated carbocycles. The Kier molecular flexibility index (Phi) is 47.4. The smallest absolute Gasteiger partial charge is 0.356 e. The Balaban J connectivity index is -0.0000000270. The molecule has 0 rings (SSSR count). The first-order valence-electron chi connectivity index (χ1n) is 1.64. The normalized spacial score (nSPS) is 5.14. The second-order valence-electron chi connectivity index (χ2n) is 0.671. The molecule has 14 heavy (non-hydrogen) atoms. The van der Waals surface area contributed by atoms with Crippen LogP contribution in [0.2, 0.25) is 0 Å². The zero-order valence-corrected chi connectivity index (χ0v) is 8.14. The van der Waals surface area contributed by atoms with E-state index in [1.807, 2.05) is 0 Å². The fourth-order valence-corrected chi connectivity index (χ4v) is 0. The average Bonchev–Trinajstić information content (AvgIpc) is 1.54. The summed E-state index contributed by atoms with van der Waals surface area (Å²) in [5.74, 6) is 0. The van der Waals surface area contributed by atoms with Crippen LogP contribution in [0.25, 0.3) is 0 Å². The van der Waals surface area contributed by atoms with E-state index >= 15 is 0 Å². The Bertz CT molecular complexity index is 118. The minimum absolute atomic E-state index is 0. The molecule has 0 aromatic heterocycles. The first kappa shape index (κ1) is 29.3. The van der Waals surface area contributed by atoms with Crippen molar-refractivity contribution in [3.63, 3.8) is 0 Å². The quantitative estimate of drug-likeness (QED) is 0.219. The standard InChI is InChI=1S/Li.Mg.3NO3/c;;3*2-1(3)4/q+1;+2;3*-1. The summed E-state index contributed by atoms with van der Waals surface area (Å²) in [6.45, 7) is 0.